The highest BCUT2D eigenvalue weighted by Crippen LogP contribution is 2.22. The van der Waals surface area contributed by atoms with Crippen molar-refractivity contribution in [3.05, 3.63) is 81.7 Å². The smallest absolute Gasteiger partial charge is 0.287 e. The number of anilines is 1. The molecule has 0 aliphatic carbocycles. The predicted octanol–water partition coefficient (Wildman–Crippen LogP) is 4.03. The molecule has 0 atom stereocenters. The van der Waals surface area contributed by atoms with Gasteiger partial charge in [-0.15, -0.1) is 0 Å². The van der Waals surface area contributed by atoms with Crippen LogP contribution in [-0.4, -0.2) is 21.2 Å². The Kier molecular flexibility index (Phi) is 5.94. The van der Waals surface area contributed by atoms with E-state index in [-0.39, 0.29) is 16.7 Å². The Morgan fingerprint density at radius 1 is 1.18 bits per heavy atom. The van der Waals surface area contributed by atoms with Gasteiger partial charge in [0.05, 0.1) is 11.4 Å². The van der Waals surface area contributed by atoms with Crippen molar-refractivity contribution in [1.29, 1.82) is 0 Å². The van der Waals surface area contributed by atoms with E-state index in [1.807, 2.05) is 32.9 Å². The molecular formula is C21H20FN3O2S. The number of aromatic nitrogens is 2. The van der Waals surface area contributed by atoms with E-state index in [1.54, 1.807) is 6.07 Å². The molecule has 0 fully saturated rings. The minimum Gasteiger partial charge on any atom is -0.325 e. The van der Waals surface area contributed by atoms with Crippen molar-refractivity contribution in [2.45, 2.75) is 25.8 Å². The number of nitrogens with zero attached hydrogens (tertiary/aromatic N) is 2. The Labute approximate surface area is 166 Å². The van der Waals surface area contributed by atoms with Gasteiger partial charge in [-0.1, -0.05) is 35.5 Å². The van der Waals surface area contributed by atoms with Gasteiger partial charge in [0.2, 0.25) is 5.91 Å². The van der Waals surface area contributed by atoms with Gasteiger partial charge in [-0.3, -0.25) is 14.2 Å². The number of hydrogen-bond donors (Lipinski definition) is 1. The number of carbonyl (C=O) groups excluding carboxylic acids is 1. The summed E-state index contributed by atoms with van der Waals surface area (Å²) in [5.74, 6) is -0.608. The topological polar surface area (TPSA) is 64.0 Å². The zero-order valence-electron chi connectivity index (χ0n) is 15.8. The molecule has 1 N–H and O–H groups in total. The molecule has 0 saturated heterocycles. The number of nitrogens with one attached hydrogen (secondary N) is 1. The lowest BCUT2D eigenvalue weighted by Gasteiger charge is -2.12. The van der Waals surface area contributed by atoms with E-state index >= 15 is 0 Å². The van der Waals surface area contributed by atoms with Crippen molar-refractivity contribution in [1.82, 2.24) is 9.55 Å². The molecule has 3 rings (SSSR count). The molecule has 2 aromatic carbocycles. The standard InChI is InChI=1S/C21H20FN3O2S/c1-13-9-14(2)19(15(3)10-13)24-18(26)12-28-20-21(27)25(8-7-23-20)17-6-4-5-16(22)11-17/h4-11H,12H2,1-3H3,(H,24,26). The van der Waals surface area contributed by atoms with Gasteiger partial charge in [-0.05, 0) is 50.1 Å². The third kappa shape index (κ3) is 4.48. The summed E-state index contributed by atoms with van der Waals surface area (Å²) >= 11 is 1.05. The summed E-state index contributed by atoms with van der Waals surface area (Å²) in [5, 5.41) is 3.08. The highest BCUT2D eigenvalue weighted by atomic mass is 32.2. The molecule has 3 aromatic rings. The van der Waals surface area contributed by atoms with Crippen molar-refractivity contribution in [2.24, 2.45) is 0 Å². The van der Waals surface area contributed by atoms with Gasteiger partial charge in [-0.25, -0.2) is 9.37 Å². The maximum Gasteiger partial charge on any atom is 0.287 e. The first-order chi connectivity index (χ1) is 13.3. The number of amides is 1. The third-order valence-electron chi connectivity index (χ3n) is 4.18. The van der Waals surface area contributed by atoms with Crippen LogP contribution >= 0.6 is 11.8 Å². The van der Waals surface area contributed by atoms with Crippen LogP contribution in [0.2, 0.25) is 0 Å². The first-order valence-electron chi connectivity index (χ1n) is 8.69. The molecular weight excluding hydrogens is 377 g/mol. The van der Waals surface area contributed by atoms with Gasteiger partial charge >= 0.3 is 0 Å². The molecule has 144 valence electrons. The van der Waals surface area contributed by atoms with Crippen LogP contribution < -0.4 is 10.9 Å². The average molecular weight is 397 g/mol. The summed E-state index contributed by atoms with van der Waals surface area (Å²) in [7, 11) is 0. The molecule has 1 aromatic heterocycles. The summed E-state index contributed by atoms with van der Waals surface area (Å²) in [6.45, 7) is 5.89. The Balaban J connectivity index is 1.74. The molecule has 28 heavy (non-hydrogen) atoms. The van der Waals surface area contributed by atoms with Gasteiger partial charge in [0, 0.05) is 18.1 Å². The normalized spacial score (nSPS) is 10.7. The summed E-state index contributed by atoms with van der Waals surface area (Å²) in [4.78, 5) is 29.1. The Bertz CT molecular complexity index is 1070. The van der Waals surface area contributed by atoms with E-state index in [0.717, 1.165) is 34.1 Å². The summed E-state index contributed by atoms with van der Waals surface area (Å²) < 4.78 is 14.8. The van der Waals surface area contributed by atoms with Crippen LogP contribution in [0.5, 0.6) is 0 Å². The molecule has 0 aliphatic heterocycles. The van der Waals surface area contributed by atoms with Crippen molar-refractivity contribution < 1.29 is 9.18 Å². The van der Waals surface area contributed by atoms with E-state index in [0.29, 0.717) is 5.69 Å². The number of hydrogen-bond acceptors (Lipinski definition) is 4. The molecule has 0 spiro atoms. The summed E-state index contributed by atoms with van der Waals surface area (Å²) in [5.41, 5.74) is 3.91. The van der Waals surface area contributed by atoms with Gasteiger partial charge in [0.15, 0.2) is 5.03 Å². The minimum atomic E-state index is -0.432. The lowest BCUT2D eigenvalue weighted by Crippen LogP contribution is -2.22. The van der Waals surface area contributed by atoms with E-state index in [2.05, 4.69) is 10.3 Å². The molecule has 0 bridgehead atoms. The van der Waals surface area contributed by atoms with Crippen LogP contribution in [0.3, 0.4) is 0 Å². The second kappa shape index (κ2) is 8.39. The SMILES string of the molecule is Cc1cc(C)c(NC(=O)CSc2nccn(-c3cccc(F)c3)c2=O)c(C)c1. The zero-order chi connectivity index (χ0) is 20.3. The summed E-state index contributed by atoms with van der Waals surface area (Å²) in [6.07, 6.45) is 2.93. The maximum atomic E-state index is 13.4. The van der Waals surface area contributed by atoms with E-state index in [1.165, 1.54) is 35.2 Å². The molecule has 0 radical (unpaired) electrons. The van der Waals surface area contributed by atoms with E-state index in [9.17, 15) is 14.0 Å². The molecule has 1 heterocycles. The second-order valence-corrected chi connectivity index (χ2v) is 7.46. The van der Waals surface area contributed by atoms with Crippen LogP contribution in [0.4, 0.5) is 10.1 Å². The second-order valence-electron chi connectivity index (χ2n) is 6.50. The van der Waals surface area contributed by atoms with Crippen molar-refractivity contribution in [2.75, 3.05) is 11.1 Å². The molecule has 0 unspecified atom stereocenters. The highest BCUT2D eigenvalue weighted by Gasteiger charge is 2.12. The number of benzene rings is 2. The predicted molar refractivity (Wildman–Crippen MR) is 110 cm³/mol. The third-order valence-corrected chi connectivity index (χ3v) is 5.14. The lowest BCUT2D eigenvalue weighted by molar-refractivity contribution is -0.113. The van der Waals surface area contributed by atoms with Gasteiger partial charge in [-0.2, -0.15) is 0 Å². The van der Waals surface area contributed by atoms with Gasteiger partial charge in [0.25, 0.3) is 5.56 Å². The number of carbonyl (C=O) groups is 1. The van der Waals surface area contributed by atoms with Crippen LogP contribution in [0.25, 0.3) is 5.69 Å². The molecule has 0 aliphatic rings. The van der Waals surface area contributed by atoms with Crippen LogP contribution in [0.15, 0.2) is 58.6 Å². The van der Waals surface area contributed by atoms with Crippen LogP contribution in [0, 0.1) is 26.6 Å². The highest BCUT2D eigenvalue weighted by molar-refractivity contribution is 7.99. The Hall–Kier alpha value is -2.93. The monoisotopic (exact) mass is 397 g/mol. The Morgan fingerprint density at radius 3 is 2.57 bits per heavy atom. The fraction of sp³-hybridized carbons (Fsp3) is 0.190. The Morgan fingerprint density at radius 2 is 1.89 bits per heavy atom. The molecule has 1 amide bonds. The number of rotatable bonds is 5. The largest absolute Gasteiger partial charge is 0.325 e. The lowest BCUT2D eigenvalue weighted by atomic mass is 10.1. The maximum absolute atomic E-state index is 13.4. The fourth-order valence-corrected chi connectivity index (χ4v) is 3.71. The number of aryl methyl sites for hydroxylation is 3. The molecule has 5 nitrogen and oxygen atoms in total. The quantitative estimate of drug-likeness (QED) is 0.661. The zero-order valence-corrected chi connectivity index (χ0v) is 16.6. The number of halogens is 1. The van der Waals surface area contributed by atoms with Crippen LogP contribution in [-0.2, 0) is 4.79 Å². The molecule has 7 heteroatoms. The van der Waals surface area contributed by atoms with Gasteiger partial charge in [0.1, 0.15) is 5.82 Å². The van der Waals surface area contributed by atoms with Gasteiger partial charge < -0.3 is 5.32 Å². The first kappa shape index (κ1) is 19.8. The van der Waals surface area contributed by atoms with Crippen molar-refractivity contribution in [3.63, 3.8) is 0 Å². The first-order valence-corrected chi connectivity index (χ1v) is 9.68. The van der Waals surface area contributed by atoms with E-state index in [4.69, 9.17) is 0 Å². The van der Waals surface area contributed by atoms with Crippen molar-refractivity contribution in [3.8, 4) is 5.69 Å². The van der Waals surface area contributed by atoms with E-state index < -0.39 is 11.4 Å². The minimum absolute atomic E-state index is 0.0438. The van der Waals surface area contributed by atoms with Crippen LogP contribution in [0.1, 0.15) is 16.7 Å². The number of thioether (sulfide) groups is 1. The average Bonchev–Trinajstić information content (AvgIpc) is 2.64. The fourth-order valence-electron chi connectivity index (χ4n) is 3.01. The van der Waals surface area contributed by atoms with Crippen molar-refractivity contribution >= 4 is 23.4 Å². The summed E-state index contributed by atoms with van der Waals surface area (Å²) in [6, 6.07) is 9.76. The molecule has 0 saturated carbocycles.